The van der Waals surface area contributed by atoms with E-state index in [0.29, 0.717) is 30.4 Å². The lowest BCUT2D eigenvalue weighted by atomic mass is 10.2. The molecule has 7 heteroatoms. The summed E-state index contributed by atoms with van der Waals surface area (Å²) in [5.41, 5.74) is 7.01. The topological polar surface area (TPSA) is 84.7 Å². The number of ether oxygens (including phenoxy) is 1. The highest BCUT2D eigenvalue weighted by atomic mass is 32.2. The highest BCUT2D eigenvalue weighted by Crippen LogP contribution is 2.23. The van der Waals surface area contributed by atoms with Crippen LogP contribution in [-0.2, 0) is 14.8 Å². The number of nitrogens with one attached hydrogen (secondary N) is 1. The molecule has 0 amide bonds. The molecule has 0 aliphatic rings. The van der Waals surface area contributed by atoms with E-state index in [1.54, 1.807) is 12.1 Å². The van der Waals surface area contributed by atoms with Crippen LogP contribution in [0, 0.1) is 5.92 Å². The molecule has 120 valence electrons. The number of rotatable bonds is 8. The normalized spacial score (nSPS) is 12.1. The van der Waals surface area contributed by atoms with Crippen molar-refractivity contribution in [2.24, 2.45) is 5.92 Å². The van der Waals surface area contributed by atoms with Crippen molar-refractivity contribution in [2.45, 2.75) is 18.7 Å². The van der Waals surface area contributed by atoms with Gasteiger partial charge in [0.05, 0.1) is 22.9 Å². The summed E-state index contributed by atoms with van der Waals surface area (Å²) in [6.45, 7) is 6.11. The van der Waals surface area contributed by atoms with Crippen LogP contribution in [0.3, 0.4) is 0 Å². The lowest BCUT2D eigenvalue weighted by molar-refractivity contribution is 0.118. The maximum absolute atomic E-state index is 12.0. The van der Waals surface area contributed by atoms with Gasteiger partial charge in [0.15, 0.2) is 0 Å². The van der Waals surface area contributed by atoms with Gasteiger partial charge in [0.1, 0.15) is 0 Å². The maximum Gasteiger partial charge on any atom is 0.242 e. The van der Waals surface area contributed by atoms with Gasteiger partial charge in [-0.1, -0.05) is 13.8 Å². The van der Waals surface area contributed by atoms with E-state index < -0.39 is 10.0 Å². The van der Waals surface area contributed by atoms with Crippen molar-refractivity contribution in [1.29, 1.82) is 0 Å². The summed E-state index contributed by atoms with van der Waals surface area (Å²) in [6.07, 6.45) is 0. The van der Waals surface area contributed by atoms with Gasteiger partial charge in [0.25, 0.3) is 0 Å². The number of hydrogen-bond acceptors (Lipinski definition) is 5. The molecule has 0 aliphatic heterocycles. The van der Waals surface area contributed by atoms with Gasteiger partial charge in [-0.25, -0.2) is 12.7 Å². The smallest absolute Gasteiger partial charge is 0.242 e. The largest absolute Gasteiger partial charge is 0.397 e. The number of nitrogens with two attached hydrogens (primary N) is 1. The number of benzene rings is 1. The van der Waals surface area contributed by atoms with Crippen LogP contribution >= 0.6 is 0 Å². The molecule has 0 unspecified atom stereocenters. The highest BCUT2D eigenvalue weighted by molar-refractivity contribution is 7.89. The first-order valence-corrected chi connectivity index (χ1v) is 8.33. The molecule has 0 saturated carbocycles. The monoisotopic (exact) mass is 315 g/mol. The van der Waals surface area contributed by atoms with E-state index in [4.69, 9.17) is 10.5 Å². The zero-order valence-electron chi connectivity index (χ0n) is 13.1. The molecule has 0 atom stereocenters. The molecule has 1 aromatic carbocycles. The van der Waals surface area contributed by atoms with E-state index in [9.17, 15) is 8.42 Å². The number of anilines is 2. The van der Waals surface area contributed by atoms with E-state index in [2.05, 4.69) is 19.2 Å². The molecule has 0 aliphatic carbocycles. The molecule has 0 heterocycles. The Morgan fingerprint density at radius 2 is 2.00 bits per heavy atom. The molecular formula is C14H25N3O3S. The standard InChI is InChI=1S/C14H25N3O3S/c1-11(2)10-20-8-7-16-14-6-5-12(9-13(14)15)21(18,19)17(3)4/h5-6,9,11,16H,7-8,10,15H2,1-4H3. The Morgan fingerprint density at radius 1 is 1.33 bits per heavy atom. The van der Waals surface area contributed by atoms with Gasteiger partial charge in [-0.3, -0.25) is 0 Å². The third-order valence-electron chi connectivity index (χ3n) is 2.81. The Bertz CT molecular complexity index is 557. The minimum absolute atomic E-state index is 0.187. The molecule has 21 heavy (non-hydrogen) atoms. The van der Waals surface area contributed by atoms with Crippen molar-refractivity contribution in [3.05, 3.63) is 18.2 Å². The fourth-order valence-corrected chi connectivity index (χ4v) is 2.59. The third-order valence-corrected chi connectivity index (χ3v) is 4.63. The van der Waals surface area contributed by atoms with Crippen molar-refractivity contribution in [2.75, 3.05) is 44.9 Å². The zero-order chi connectivity index (χ0) is 16.0. The summed E-state index contributed by atoms with van der Waals surface area (Å²) >= 11 is 0. The summed E-state index contributed by atoms with van der Waals surface area (Å²) in [4.78, 5) is 0.187. The lowest BCUT2D eigenvalue weighted by Gasteiger charge is -2.14. The highest BCUT2D eigenvalue weighted by Gasteiger charge is 2.17. The summed E-state index contributed by atoms with van der Waals surface area (Å²) < 4.78 is 30.6. The van der Waals surface area contributed by atoms with Crippen LogP contribution in [0.1, 0.15) is 13.8 Å². The van der Waals surface area contributed by atoms with Gasteiger partial charge in [0, 0.05) is 27.2 Å². The van der Waals surface area contributed by atoms with Crippen LogP contribution in [-0.4, -0.2) is 46.6 Å². The molecular weight excluding hydrogens is 290 g/mol. The summed E-state index contributed by atoms with van der Waals surface area (Å²) in [7, 11) is -0.474. The van der Waals surface area contributed by atoms with E-state index >= 15 is 0 Å². The molecule has 0 aromatic heterocycles. The molecule has 1 aromatic rings. The van der Waals surface area contributed by atoms with E-state index in [-0.39, 0.29) is 4.90 Å². The van der Waals surface area contributed by atoms with Gasteiger partial charge >= 0.3 is 0 Å². The SMILES string of the molecule is CC(C)COCCNc1ccc(S(=O)(=O)N(C)C)cc1N. The van der Waals surface area contributed by atoms with Crippen molar-refractivity contribution in [3.8, 4) is 0 Å². The van der Waals surface area contributed by atoms with Gasteiger partial charge in [-0.05, 0) is 24.1 Å². The van der Waals surface area contributed by atoms with Crippen LogP contribution in [0.2, 0.25) is 0 Å². The van der Waals surface area contributed by atoms with Crippen LogP contribution in [0.5, 0.6) is 0 Å². The molecule has 0 saturated heterocycles. The van der Waals surface area contributed by atoms with Crippen LogP contribution < -0.4 is 11.1 Å². The first-order valence-electron chi connectivity index (χ1n) is 6.89. The second-order valence-electron chi connectivity index (χ2n) is 5.43. The van der Waals surface area contributed by atoms with Crippen LogP contribution in [0.25, 0.3) is 0 Å². The quantitative estimate of drug-likeness (QED) is 0.562. The molecule has 0 bridgehead atoms. The molecule has 3 N–H and O–H groups in total. The molecule has 6 nitrogen and oxygen atoms in total. The Labute approximate surface area is 127 Å². The number of hydrogen-bond donors (Lipinski definition) is 2. The minimum atomic E-state index is -3.45. The number of nitrogen functional groups attached to an aromatic ring is 1. The maximum atomic E-state index is 12.0. The fraction of sp³-hybridized carbons (Fsp3) is 0.571. The van der Waals surface area contributed by atoms with Gasteiger partial charge in [-0.15, -0.1) is 0 Å². The van der Waals surface area contributed by atoms with Crippen LogP contribution in [0.4, 0.5) is 11.4 Å². The first kappa shape index (κ1) is 17.7. The van der Waals surface area contributed by atoms with Gasteiger partial charge in [0.2, 0.25) is 10.0 Å². The fourth-order valence-electron chi connectivity index (χ4n) is 1.65. The average molecular weight is 315 g/mol. The van der Waals surface area contributed by atoms with Crippen molar-refractivity contribution in [1.82, 2.24) is 4.31 Å². The molecule has 1 rings (SSSR count). The first-order chi connectivity index (χ1) is 9.75. The molecule has 0 fully saturated rings. The van der Waals surface area contributed by atoms with Crippen LogP contribution in [0.15, 0.2) is 23.1 Å². The van der Waals surface area contributed by atoms with Crippen molar-refractivity contribution >= 4 is 21.4 Å². The Morgan fingerprint density at radius 3 is 2.52 bits per heavy atom. The van der Waals surface area contributed by atoms with Gasteiger partial charge < -0.3 is 15.8 Å². The second kappa shape index (κ2) is 7.63. The van der Waals surface area contributed by atoms with E-state index in [1.165, 1.54) is 20.2 Å². The average Bonchev–Trinajstić information content (AvgIpc) is 2.39. The minimum Gasteiger partial charge on any atom is -0.397 e. The van der Waals surface area contributed by atoms with Gasteiger partial charge in [-0.2, -0.15) is 0 Å². The second-order valence-corrected chi connectivity index (χ2v) is 7.58. The van der Waals surface area contributed by atoms with E-state index in [0.717, 1.165) is 10.9 Å². The zero-order valence-corrected chi connectivity index (χ0v) is 13.9. The molecule has 0 spiro atoms. The predicted molar refractivity (Wildman–Crippen MR) is 85.9 cm³/mol. The number of sulfonamides is 1. The Kier molecular flexibility index (Phi) is 6.44. The lowest BCUT2D eigenvalue weighted by Crippen LogP contribution is -2.22. The van der Waals surface area contributed by atoms with Crippen molar-refractivity contribution < 1.29 is 13.2 Å². The van der Waals surface area contributed by atoms with E-state index in [1.807, 2.05) is 0 Å². The summed E-state index contributed by atoms with van der Waals surface area (Å²) in [5, 5.41) is 3.14. The third kappa shape index (κ3) is 5.18. The Balaban J connectivity index is 2.63. The van der Waals surface area contributed by atoms with Crippen molar-refractivity contribution in [3.63, 3.8) is 0 Å². The predicted octanol–water partition coefficient (Wildman–Crippen LogP) is 1.60. The number of nitrogens with zero attached hydrogens (tertiary/aromatic N) is 1. The summed E-state index contributed by atoms with van der Waals surface area (Å²) in [5.74, 6) is 0.505. The summed E-state index contributed by atoms with van der Waals surface area (Å²) in [6, 6.07) is 4.68. The molecule has 0 radical (unpaired) electrons. The Hall–Kier alpha value is -1.31.